The summed E-state index contributed by atoms with van der Waals surface area (Å²) in [6, 6.07) is 11.0. The van der Waals surface area contributed by atoms with Crippen LogP contribution in [0, 0.1) is 0 Å². The summed E-state index contributed by atoms with van der Waals surface area (Å²) in [5.74, 6) is 1.07. The van der Waals surface area contributed by atoms with E-state index in [2.05, 4.69) is 24.1 Å². The van der Waals surface area contributed by atoms with Crippen molar-refractivity contribution in [2.75, 3.05) is 31.6 Å². The number of likely N-dealkylation sites (N-methyl/N-ethyl adjacent to an activating group) is 1. The van der Waals surface area contributed by atoms with Gasteiger partial charge in [0.15, 0.2) is 0 Å². The Hall–Kier alpha value is -2.53. The lowest BCUT2D eigenvalue weighted by atomic mass is 10.3. The number of amides is 1. The molecule has 5 nitrogen and oxygen atoms in total. The number of benzene rings is 1. The summed E-state index contributed by atoms with van der Waals surface area (Å²) >= 11 is 0. The van der Waals surface area contributed by atoms with Gasteiger partial charge in [-0.05, 0) is 43.4 Å². The number of carbonyl (C=O) groups excluding carboxylic acids is 1. The molecule has 0 aliphatic carbocycles. The van der Waals surface area contributed by atoms with E-state index in [1.165, 1.54) is 6.08 Å². The summed E-state index contributed by atoms with van der Waals surface area (Å²) in [4.78, 5) is 14.3. The number of carbonyl (C=O) groups is 1. The van der Waals surface area contributed by atoms with E-state index in [1.54, 1.807) is 24.5 Å². The second-order valence-corrected chi connectivity index (χ2v) is 5.21. The fourth-order valence-corrected chi connectivity index (χ4v) is 2.24. The maximum atomic E-state index is 12.0. The second-order valence-electron chi connectivity index (χ2n) is 5.21. The number of ether oxygens (including phenoxy) is 1. The number of para-hydroxylation sites is 2. The molecule has 1 N–H and O–H groups in total. The highest BCUT2D eigenvalue weighted by Gasteiger charge is 2.06. The number of hydrogen-bond acceptors (Lipinski definition) is 4. The molecular formula is C19H24N2O3. The van der Waals surface area contributed by atoms with Gasteiger partial charge in [0.05, 0.1) is 12.0 Å². The third kappa shape index (κ3) is 5.59. The van der Waals surface area contributed by atoms with Crippen LogP contribution in [0.15, 0.2) is 53.2 Å². The van der Waals surface area contributed by atoms with E-state index in [1.807, 2.05) is 24.3 Å². The Kier molecular flexibility index (Phi) is 7.11. The number of nitrogens with zero attached hydrogens (tertiary/aromatic N) is 1. The molecule has 0 unspecified atom stereocenters. The van der Waals surface area contributed by atoms with Crippen LogP contribution in [0.1, 0.15) is 19.6 Å². The summed E-state index contributed by atoms with van der Waals surface area (Å²) in [5, 5.41) is 2.83. The van der Waals surface area contributed by atoms with Crippen molar-refractivity contribution in [2.45, 2.75) is 13.8 Å². The molecule has 1 aromatic carbocycles. The molecule has 24 heavy (non-hydrogen) atoms. The summed E-state index contributed by atoms with van der Waals surface area (Å²) in [5.41, 5.74) is 0.658. The largest absolute Gasteiger partial charge is 0.490 e. The molecule has 0 saturated heterocycles. The number of furan rings is 1. The Bertz CT molecular complexity index is 646. The molecule has 0 spiro atoms. The van der Waals surface area contributed by atoms with Gasteiger partial charge in [-0.3, -0.25) is 4.79 Å². The molecule has 0 aliphatic heterocycles. The predicted molar refractivity (Wildman–Crippen MR) is 96.1 cm³/mol. The highest BCUT2D eigenvalue weighted by Crippen LogP contribution is 2.23. The van der Waals surface area contributed by atoms with E-state index in [0.29, 0.717) is 23.8 Å². The van der Waals surface area contributed by atoms with Crippen molar-refractivity contribution < 1.29 is 13.9 Å². The normalized spacial score (nSPS) is 11.1. The molecule has 2 rings (SSSR count). The minimum atomic E-state index is -0.230. The fourth-order valence-electron chi connectivity index (χ4n) is 2.24. The number of hydrogen-bond donors (Lipinski definition) is 1. The van der Waals surface area contributed by atoms with E-state index < -0.39 is 0 Å². The Balaban J connectivity index is 1.91. The number of anilines is 1. The molecule has 0 bridgehead atoms. The van der Waals surface area contributed by atoms with Crippen molar-refractivity contribution in [2.24, 2.45) is 0 Å². The zero-order valence-electron chi connectivity index (χ0n) is 14.2. The monoisotopic (exact) mass is 328 g/mol. The molecule has 1 heterocycles. The Morgan fingerprint density at radius 3 is 2.71 bits per heavy atom. The first-order valence-corrected chi connectivity index (χ1v) is 8.19. The maximum absolute atomic E-state index is 12.0. The molecule has 0 fully saturated rings. The first-order valence-electron chi connectivity index (χ1n) is 8.19. The number of rotatable bonds is 9. The Labute approximate surface area is 142 Å². The summed E-state index contributed by atoms with van der Waals surface area (Å²) in [6.45, 7) is 7.68. The van der Waals surface area contributed by atoms with Crippen molar-refractivity contribution in [3.8, 4) is 5.75 Å². The van der Waals surface area contributed by atoms with Crippen LogP contribution < -0.4 is 10.1 Å². The molecule has 5 heteroatoms. The highest BCUT2D eigenvalue weighted by atomic mass is 16.5. The van der Waals surface area contributed by atoms with Gasteiger partial charge in [-0.15, -0.1) is 0 Å². The summed E-state index contributed by atoms with van der Waals surface area (Å²) < 4.78 is 11.0. The SMILES string of the molecule is CCN(CC)CCOc1ccccc1NC(=O)/C=C/c1ccco1. The quantitative estimate of drug-likeness (QED) is 0.714. The van der Waals surface area contributed by atoms with Crippen LogP contribution in [0.5, 0.6) is 5.75 Å². The van der Waals surface area contributed by atoms with Gasteiger partial charge in [0.25, 0.3) is 0 Å². The van der Waals surface area contributed by atoms with Gasteiger partial charge in [-0.1, -0.05) is 26.0 Å². The van der Waals surface area contributed by atoms with Crippen LogP contribution in [0.3, 0.4) is 0 Å². The average molecular weight is 328 g/mol. The van der Waals surface area contributed by atoms with E-state index in [4.69, 9.17) is 9.15 Å². The van der Waals surface area contributed by atoms with Gasteiger partial charge in [0, 0.05) is 12.6 Å². The van der Waals surface area contributed by atoms with Crippen molar-refractivity contribution in [3.63, 3.8) is 0 Å². The van der Waals surface area contributed by atoms with Crippen molar-refractivity contribution in [3.05, 3.63) is 54.5 Å². The van der Waals surface area contributed by atoms with Gasteiger partial charge < -0.3 is 19.4 Å². The molecule has 0 saturated carbocycles. The molecule has 128 valence electrons. The van der Waals surface area contributed by atoms with Gasteiger partial charge in [-0.2, -0.15) is 0 Å². The van der Waals surface area contributed by atoms with Crippen molar-refractivity contribution >= 4 is 17.7 Å². The minimum Gasteiger partial charge on any atom is -0.490 e. The summed E-state index contributed by atoms with van der Waals surface area (Å²) in [6.07, 6.45) is 4.63. The van der Waals surface area contributed by atoms with E-state index in [-0.39, 0.29) is 5.91 Å². The van der Waals surface area contributed by atoms with Gasteiger partial charge >= 0.3 is 0 Å². The van der Waals surface area contributed by atoms with E-state index in [0.717, 1.165) is 19.6 Å². The third-order valence-electron chi connectivity index (χ3n) is 3.65. The minimum absolute atomic E-state index is 0.230. The van der Waals surface area contributed by atoms with Crippen molar-refractivity contribution in [1.29, 1.82) is 0 Å². The lowest BCUT2D eigenvalue weighted by molar-refractivity contribution is -0.111. The molecule has 0 atom stereocenters. The molecule has 0 radical (unpaired) electrons. The van der Waals surface area contributed by atoms with Crippen LogP contribution in [0.2, 0.25) is 0 Å². The molecule has 0 aliphatic rings. The van der Waals surface area contributed by atoms with Crippen molar-refractivity contribution in [1.82, 2.24) is 4.90 Å². The molecule has 1 aromatic heterocycles. The zero-order chi connectivity index (χ0) is 17.2. The standard InChI is InChI=1S/C19H24N2O3/c1-3-21(4-2)13-15-24-18-10-6-5-9-17(18)20-19(22)12-11-16-8-7-14-23-16/h5-12,14H,3-4,13,15H2,1-2H3,(H,20,22)/b12-11+. The highest BCUT2D eigenvalue weighted by molar-refractivity contribution is 6.02. The molecule has 1 amide bonds. The average Bonchev–Trinajstić information content (AvgIpc) is 3.12. The smallest absolute Gasteiger partial charge is 0.248 e. The van der Waals surface area contributed by atoms with Crippen LogP contribution in [0.4, 0.5) is 5.69 Å². The Morgan fingerprint density at radius 2 is 2.00 bits per heavy atom. The first kappa shape index (κ1) is 17.8. The van der Waals surface area contributed by atoms with Gasteiger partial charge in [-0.25, -0.2) is 0 Å². The van der Waals surface area contributed by atoms with E-state index in [9.17, 15) is 4.79 Å². The summed E-state index contributed by atoms with van der Waals surface area (Å²) in [7, 11) is 0. The maximum Gasteiger partial charge on any atom is 0.248 e. The lowest BCUT2D eigenvalue weighted by Crippen LogP contribution is -2.28. The van der Waals surface area contributed by atoms with Crippen LogP contribution in [-0.4, -0.2) is 37.0 Å². The fraction of sp³-hybridized carbons (Fsp3) is 0.316. The number of nitrogens with one attached hydrogen (secondary N) is 1. The first-order chi connectivity index (χ1) is 11.7. The third-order valence-corrected chi connectivity index (χ3v) is 3.65. The van der Waals surface area contributed by atoms with Gasteiger partial charge in [0.2, 0.25) is 5.91 Å². The molecular weight excluding hydrogens is 304 g/mol. The van der Waals surface area contributed by atoms with Crippen LogP contribution >= 0.6 is 0 Å². The Morgan fingerprint density at radius 1 is 1.21 bits per heavy atom. The topological polar surface area (TPSA) is 54.7 Å². The lowest BCUT2D eigenvalue weighted by Gasteiger charge is -2.19. The van der Waals surface area contributed by atoms with Crippen LogP contribution in [-0.2, 0) is 4.79 Å². The van der Waals surface area contributed by atoms with Gasteiger partial charge in [0.1, 0.15) is 18.1 Å². The molecule has 2 aromatic rings. The second kappa shape index (κ2) is 9.57. The zero-order valence-corrected chi connectivity index (χ0v) is 14.2. The van der Waals surface area contributed by atoms with Crippen LogP contribution in [0.25, 0.3) is 6.08 Å². The van der Waals surface area contributed by atoms with E-state index >= 15 is 0 Å². The predicted octanol–water partition coefficient (Wildman–Crippen LogP) is 3.65.